The van der Waals surface area contributed by atoms with Gasteiger partial charge in [-0.15, -0.1) is 0 Å². The lowest BCUT2D eigenvalue weighted by molar-refractivity contribution is -0.132. The smallest absolute Gasteiger partial charge is 0.325 e. The molecule has 128 valence electrons. The van der Waals surface area contributed by atoms with E-state index in [-0.39, 0.29) is 6.54 Å². The molecule has 2 fully saturated rings. The Morgan fingerprint density at radius 2 is 1.79 bits per heavy atom. The predicted molar refractivity (Wildman–Crippen MR) is 90.8 cm³/mol. The van der Waals surface area contributed by atoms with Crippen molar-refractivity contribution in [1.82, 2.24) is 10.2 Å². The van der Waals surface area contributed by atoms with Gasteiger partial charge in [0, 0.05) is 24.5 Å². The first kappa shape index (κ1) is 16.3. The molecule has 2 aliphatic rings. The van der Waals surface area contributed by atoms with Gasteiger partial charge in [0.25, 0.3) is 5.91 Å². The van der Waals surface area contributed by atoms with Crippen molar-refractivity contribution in [3.63, 3.8) is 0 Å². The summed E-state index contributed by atoms with van der Waals surface area (Å²) in [6.45, 7) is 5.06. The van der Waals surface area contributed by atoms with Crippen LogP contribution >= 0.6 is 0 Å². The average molecular weight is 330 g/mol. The van der Waals surface area contributed by atoms with E-state index in [9.17, 15) is 14.4 Å². The Morgan fingerprint density at radius 3 is 2.33 bits per heavy atom. The number of nitrogens with one attached hydrogen (secondary N) is 2. The second kappa shape index (κ2) is 6.14. The normalized spacial score (nSPS) is 19.6. The Morgan fingerprint density at radius 1 is 1.17 bits per heavy atom. The van der Waals surface area contributed by atoms with Gasteiger partial charge in [-0.1, -0.05) is 0 Å². The maximum atomic E-state index is 12.1. The van der Waals surface area contributed by atoms with E-state index in [0.29, 0.717) is 5.69 Å². The first-order valence-corrected chi connectivity index (χ1v) is 8.16. The third-order valence-electron chi connectivity index (χ3n) is 4.37. The molecule has 1 aromatic rings. The van der Waals surface area contributed by atoms with Gasteiger partial charge < -0.3 is 15.5 Å². The van der Waals surface area contributed by atoms with E-state index >= 15 is 0 Å². The van der Waals surface area contributed by atoms with Gasteiger partial charge >= 0.3 is 6.03 Å². The van der Waals surface area contributed by atoms with Gasteiger partial charge in [-0.25, -0.2) is 4.79 Å². The maximum absolute atomic E-state index is 12.1. The van der Waals surface area contributed by atoms with E-state index in [2.05, 4.69) is 15.5 Å². The van der Waals surface area contributed by atoms with Crippen molar-refractivity contribution in [3.8, 4) is 0 Å². The van der Waals surface area contributed by atoms with Crippen molar-refractivity contribution in [2.24, 2.45) is 0 Å². The molecule has 2 saturated heterocycles. The fourth-order valence-electron chi connectivity index (χ4n) is 3.04. The number of amides is 4. The van der Waals surface area contributed by atoms with Crippen LogP contribution in [-0.4, -0.2) is 47.9 Å². The second-order valence-corrected chi connectivity index (χ2v) is 6.74. The van der Waals surface area contributed by atoms with Gasteiger partial charge in [0.1, 0.15) is 12.1 Å². The molecule has 0 bridgehead atoms. The number of benzene rings is 1. The zero-order valence-electron chi connectivity index (χ0n) is 14.0. The number of hydrogen-bond acceptors (Lipinski definition) is 4. The summed E-state index contributed by atoms with van der Waals surface area (Å²) in [5.41, 5.74) is 0.824. The summed E-state index contributed by atoms with van der Waals surface area (Å²) < 4.78 is 0. The summed E-state index contributed by atoms with van der Waals surface area (Å²) >= 11 is 0. The Hall–Kier alpha value is -2.57. The van der Waals surface area contributed by atoms with Crippen LogP contribution in [0.1, 0.15) is 26.7 Å². The predicted octanol–water partition coefficient (Wildman–Crippen LogP) is 1.56. The zero-order chi connectivity index (χ0) is 17.3. The summed E-state index contributed by atoms with van der Waals surface area (Å²) in [6.07, 6.45) is 2.42. The number of carbonyl (C=O) groups is 3. The second-order valence-electron chi connectivity index (χ2n) is 6.74. The Kier molecular flexibility index (Phi) is 4.17. The number of nitrogens with zero attached hydrogens (tertiary/aromatic N) is 2. The fourth-order valence-corrected chi connectivity index (χ4v) is 3.04. The maximum Gasteiger partial charge on any atom is 0.325 e. The minimum absolute atomic E-state index is 0.290. The number of imide groups is 1. The molecule has 0 spiro atoms. The van der Waals surface area contributed by atoms with Crippen LogP contribution in [0.4, 0.5) is 16.2 Å². The van der Waals surface area contributed by atoms with Crippen LogP contribution in [0.15, 0.2) is 24.3 Å². The third kappa shape index (κ3) is 3.20. The first-order chi connectivity index (χ1) is 11.4. The molecule has 3 rings (SSSR count). The number of urea groups is 1. The summed E-state index contributed by atoms with van der Waals surface area (Å²) in [5.74, 6) is -0.794. The van der Waals surface area contributed by atoms with Crippen LogP contribution in [0.2, 0.25) is 0 Å². The van der Waals surface area contributed by atoms with Crippen LogP contribution in [0.5, 0.6) is 0 Å². The summed E-state index contributed by atoms with van der Waals surface area (Å²) in [4.78, 5) is 39.2. The van der Waals surface area contributed by atoms with E-state index in [1.54, 1.807) is 13.8 Å². The van der Waals surface area contributed by atoms with Crippen molar-refractivity contribution in [2.75, 3.05) is 29.9 Å². The van der Waals surface area contributed by atoms with Gasteiger partial charge in [-0.05, 0) is 51.0 Å². The van der Waals surface area contributed by atoms with E-state index < -0.39 is 23.4 Å². The van der Waals surface area contributed by atoms with Crippen LogP contribution in [-0.2, 0) is 9.59 Å². The molecule has 7 nitrogen and oxygen atoms in total. The van der Waals surface area contributed by atoms with Gasteiger partial charge in [0.2, 0.25) is 5.91 Å². The minimum Gasteiger partial charge on any atom is -0.372 e. The molecule has 24 heavy (non-hydrogen) atoms. The molecule has 0 radical (unpaired) electrons. The average Bonchev–Trinajstić information content (AvgIpc) is 3.12. The first-order valence-electron chi connectivity index (χ1n) is 8.16. The van der Waals surface area contributed by atoms with Crippen LogP contribution in [0, 0.1) is 0 Å². The lowest BCUT2D eigenvalue weighted by atomic mass is 10.1. The molecular weight excluding hydrogens is 308 g/mol. The van der Waals surface area contributed by atoms with Crippen molar-refractivity contribution in [3.05, 3.63) is 24.3 Å². The summed E-state index contributed by atoms with van der Waals surface area (Å²) in [7, 11) is 0. The van der Waals surface area contributed by atoms with Crippen LogP contribution in [0.3, 0.4) is 0 Å². The lowest BCUT2D eigenvalue weighted by Crippen LogP contribution is -2.41. The Balaban J connectivity index is 1.59. The van der Waals surface area contributed by atoms with E-state index in [1.807, 2.05) is 24.3 Å². The van der Waals surface area contributed by atoms with E-state index in [1.165, 1.54) is 12.8 Å². The minimum atomic E-state index is -0.964. The highest BCUT2D eigenvalue weighted by Crippen LogP contribution is 2.22. The summed E-state index contributed by atoms with van der Waals surface area (Å²) in [5, 5.41) is 5.28. The fraction of sp³-hybridized carbons (Fsp3) is 0.471. The number of carbonyl (C=O) groups excluding carboxylic acids is 3. The van der Waals surface area contributed by atoms with E-state index in [0.717, 1.165) is 23.7 Å². The number of anilines is 2. The molecule has 0 unspecified atom stereocenters. The van der Waals surface area contributed by atoms with Crippen LogP contribution in [0.25, 0.3) is 0 Å². The molecule has 2 aliphatic heterocycles. The molecule has 0 aliphatic carbocycles. The number of hydrogen-bond donors (Lipinski definition) is 2. The zero-order valence-corrected chi connectivity index (χ0v) is 14.0. The third-order valence-corrected chi connectivity index (χ3v) is 4.37. The van der Waals surface area contributed by atoms with Crippen molar-refractivity contribution in [2.45, 2.75) is 32.2 Å². The van der Waals surface area contributed by atoms with Crippen molar-refractivity contribution in [1.29, 1.82) is 0 Å². The Bertz CT molecular complexity index is 663. The SMILES string of the molecule is CC1(C)NC(=O)N(CC(=O)Nc2ccc(N3CCCC3)cc2)C1=O. The van der Waals surface area contributed by atoms with Crippen LogP contribution < -0.4 is 15.5 Å². The highest BCUT2D eigenvalue weighted by atomic mass is 16.2. The standard InChI is InChI=1S/C17H22N4O3/c1-17(2)15(23)21(16(24)19-17)11-14(22)18-12-5-7-13(8-6-12)20-9-3-4-10-20/h5-8H,3-4,9-11H2,1-2H3,(H,18,22)(H,19,24). The monoisotopic (exact) mass is 330 g/mol. The molecule has 7 heteroatoms. The highest BCUT2D eigenvalue weighted by molar-refractivity contribution is 6.09. The quantitative estimate of drug-likeness (QED) is 0.821. The molecule has 2 heterocycles. The molecule has 2 N–H and O–H groups in total. The Labute approximate surface area is 141 Å². The van der Waals surface area contributed by atoms with E-state index in [4.69, 9.17) is 0 Å². The van der Waals surface area contributed by atoms with Gasteiger partial charge in [0.15, 0.2) is 0 Å². The molecule has 0 aromatic heterocycles. The van der Waals surface area contributed by atoms with Crippen molar-refractivity contribution < 1.29 is 14.4 Å². The van der Waals surface area contributed by atoms with Gasteiger partial charge in [0.05, 0.1) is 0 Å². The molecule has 0 saturated carbocycles. The molecule has 4 amide bonds. The highest BCUT2D eigenvalue weighted by Gasteiger charge is 2.44. The van der Waals surface area contributed by atoms with Gasteiger partial charge in [-0.3, -0.25) is 14.5 Å². The van der Waals surface area contributed by atoms with Gasteiger partial charge in [-0.2, -0.15) is 0 Å². The number of rotatable bonds is 4. The summed E-state index contributed by atoms with van der Waals surface area (Å²) in [6, 6.07) is 7.07. The molecule has 0 atom stereocenters. The topological polar surface area (TPSA) is 81.8 Å². The van der Waals surface area contributed by atoms with Crippen molar-refractivity contribution >= 4 is 29.2 Å². The lowest BCUT2D eigenvalue weighted by Gasteiger charge is -2.18. The largest absolute Gasteiger partial charge is 0.372 e. The molecule has 1 aromatic carbocycles. The molecular formula is C17H22N4O3.